The van der Waals surface area contributed by atoms with E-state index < -0.39 is 0 Å². The molecule has 1 aromatic heterocycles. The molecule has 4 fully saturated rings. The van der Waals surface area contributed by atoms with E-state index in [2.05, 4.69) is 23.3 Å². The quantitative estimate of drug-likeness (QED) is 0.779. The molecule has 4 saturated carbocycles. The van der Waals surface area contributed by atoms with Gasteiger partial charge in [-0.25, -0.2) is 4.98 Å². The number of hydrogen-bond acceptors (Lipinski definition) is 2. The Balaban J connectivity index is 1.60. The number of anilines is 1. The fraction of sp³-hybridized carbons (Fsp3) is 0.722. The van der Waals surface area contributed by atoms with Crippen molar-refractivity contribution < 1.29 is 0 Å². The molecule has 0 aromatic carbocycles. The molecule has 4 aliphatic carbocycles. The molecule has 114 valence electrons. The first-order valence-electron chi connectivity index (χ1n) is 8.55. The molecule has 4 bridgehead atoms. The van der Waals surface area contributed by atoms with Gasteiger partial charge in [0.25, 0.3) is 0 Å². The Morgan fingerprint density at radius 3 is 2.38 bits per heavy atom. The zero-order valence-electron chi connectivity index (χ0n) is 12.8. The van der Waals surface area contributed by atoms with Crippen LogP contribution in [0.15, 0.2) is 18.3 Å². The highest BCUT2D eigenvalue weighted by molar-refractivity contribution is 6.31. The maximum Gasteiger partial charge on any atom is 0.152 e. The normalized spacial score (nSPS) is 38.5. The number of nitrogens with one attached hydrogen (secondary N) is 1. The summed E-state index contributed by atoms with van der Waals surface area (Å²) in [5.41, 5.74) is 1.53. The molecule has 1 N–H and O–H groups in total. The summed E-state index contributed by atoms with van der Waals surface area (Å²) in [5.74, 6) is 2.99. The summed E-state index contributed by atoms with van der Waals surface area (Å²) >= 11 is 6.26. The van der Waals surface area contributed by atoms with Crippen LogP contribution in [-0.4, -0.2) is 11.0 Å². The van der Waals surface area contributed by atoms with E-state index in [0.29, 0.717) is 16.6 Å². The standard InChI is InChI=1S/C18H25ClN2/c1-2-16(21-15-4-3-5-20-17(15)19)18-9-12-6-13(10-18)8-14(7-12)11-18/h3-5,12-14,16,21H,2,6-11H2,1H3. The summed E-state index contributed by atoms with van der Waals surface area (Å²) in [6.07, 6.45) is 11.7. The van der Waals surface area contributed by atoms with Crippen molar-refractivity contribution in [2.45, 2.75) is 57.9 Å². The van der Waals surface area contributed by atoms with E-state index in [9.17, 15) is 0 Å². The van der Waals surface area contributed by atoms with Crippen molar-refractivity contribution in [1.29, 1.82) is 0 Å². The molecule has 3 heteroatoms. The minimum Gasteiger partial charge on any atom is -0.379 e. The molecule has 21 heavy (non-hydrogen) atoms. The third kappa shape index (κ3) is 2.36. The van der Waals surface area contributed by atoms with Crippen molar-refractivity contribution in [3.63, 3.8) is 0 Å². The molecule has 0 spiro atoms. The molecule has 1 atom stereocenters. The smallest absolute Gasteiger partial charge is 0.152 e. The lowest BCUT2D eigenvalue weighted by atomic mass is 9.47. The largest absolute Gasteiger partial charge is 0.379 e. The van der Waals surface area contributed by atoms with Gasteiger partial charge in [-0.1, -0.05) is 18.5 Å². The van der Waals surface area contributed by atoms with Gasteiger partial charge in [-0.05, 0) is 80.2 Å². The number of pyridine rings is 1. The first kappa shape index (κ1) is 13.9. The lowest BCUT2D eigenvalue weighted by Crippen LogP contribution is -2.53. The Kier molecular flexibility index (Phi) is 3.40. The van der Waals surface area contributed by atoms with E-state index in [0.717, 1.165) is 23.4 Å². The number of aromatic nitrogens is 1. The lowest BCUT2D eigenvalue weighted by Gasteiger charge is -2.59. The van der Waals surface area contributed by atoms with Crippen molar-refractivity contribution >= 4 is 17.3 Å². The topological polar surface area (TPSA) is 24.9 Å². The van der Waals surface area contributed by atoms with Gasteiger partial charge in [-0.15, -0.1) is 0 Å². The summed E-state index contributed by atoms with van der Waals surface area (Å²) in [5, 5.41) is 4.37. The molecule has 1 unspecified atom stereocenters. The van der Waals surface area contributed by atoms with Crippen LogP contribution in [0.2, 0.25) is 5.15 Å². The third-order valence-electron chi connectivity index (χ3n) is 6.32. The van der Waals surface area contributed by atoms with Crippen molar-refractivity contribution in [2.24, 2.45) is 23.2 Å². The van der Waals surface area contributed by atoms with Gasteiger partial charge in [0.15, 0.2) is 5.15 Å². The summed E-state index contributed by atoms with van der Waals surface area (Å²) in [7, 11) is 0. The summed E-state index contributed by atoms with van der Waals surface area (Å²) in [4.78, 5) is 4.22. The molecule has 2 nitrogen and oxygen atoms in total. The van der Waals surface area contributed by atoms with Gasteiger partial charge >= 0.3 is 0 Å². The Morgan fingerprint density at radius 2 is 1.86 bits per heavy atom. The van der Waals surface area contributed by atoms with E-state index in [1.165, 1.54) is 44.9 Å². The predicted molar refractivity (Wildman–Crippen MR) is 87.6 cm³/mol. The lowest BCUT2D eigenvalue weighted by molar-refractivity contribution is -0.0636. The van der Waals surface area contributed by atoms with Gasteiger partial charge in [-0.3, -0.25) is 0 Å². The molecule has 1 heterocycles. The Hall–Kier alpha value is -0.760. The minimum absolute atomic E-state index is 0.517. The van der Waals surface area contributed by atoms with Gasteiger partial charge in [0.05, 0.1) is 5.69 Å². The Morgan fingerprint density at radius 1 is 1.24 bits per heavy atom. The van der Waals surface area contributed by atoms with Crippen LogP contribution in [0.5, 0.6) is 0 Å². The molecule has 0 aliphatic heterocycles. The molecule has 0 amide bonds. The van der Waals surface area contributed by atoms with Gasteiger partial charge in [-0.2, -0.15) is 0 Å². The van der Waals surface area contributed by atoms with Crippen LogP contribution in [0.25, 0.3) is 0 Å². The molecule has 0 radical (unpaired) electrons. The van der Waals surface area contributed by atoms with Crippen LogP contribution in [0.4, 0.5) is 5.69 Å². The second-order valence-electron chi connectivity index (χ2n) is 7.73. The molecular weight excluding hydrogens is 280 g/mol. The van der Waals surface area contributed by atoms with Crippen molar-refractivity contribution in [2.75, 3.05) is 5.32 Å². The summed E-state index contributed by atoms with van der Waals surface area (Å²) < 4.78 is 0. The summed E-state index contributed by atoms with van der Waals surface area (Å²) in [6.45, 7) is 2.32. The van der Waals surface area contributed by atoms with Crippen LogP contribution >= 0.6 is 11.6 Å². The number of halogens is 1. The summed E-state index contributed by atoms with van der Waals surface area (Å²) in [6, 6.07) is 4.59. The highest BCUT2D eigenvalue weighted by Crippen LogP contribution is 2.62. The average Bonchev–Trinajstić information content (AvgIpc) is 2.44. The SMILES string of the molecule is CCC(Nc1cccnc1Cl)C12CC3CC(CC(C3)C1)C2. The van der Waals surface area contributed by atoms with Gasteiger partial charge in [0.2, 0.25) is 0 Å². The third-order valence-corrected chi connectivity index (χ3v) is 6.62. The first-order valence-corrected chi connectivity index (χ1v) is 8.93. The Bertz CT molecular complexity index is 492. The number of rotatable bonds is 4. The molecular formula is C18H25ClN2. The number of hydrogen-bond donors (Lipinski definition) is 1. The van der Waals surface area contributed by atoms with Crippen LogP contribution in [0.3, 0.4) is 0 Å². The van der Waals surface area contributed by atoms with E-state index >= 15 is 0 Å². The van der Waals surface area contributed by atoms with E-state index in [-0.39, 0.29) is 0 Å². The van der Waals surface area contributed by atoms with Gasteiger partial charge < -0.3 is 5.32 Å². The highest BCUT2D eigenvalue weighted by atomic mass is 35.5. The molecule has 0 saturated heterocycles. The Labute approximate surface area is 132 Å². The van der Waals surface area contributed by atoms with E-state index in [4.69, 9.17) is 11.6 Å². The monoisotopic (exact) mass is 304 g/mol. The zero-order valence-corrected chi connectivity index (χ0v) is 13.6. The highest BCUT2D eigenvalue weighted by Gasteiger charge is 2.53. The zero-order chi connectivity index (χ0) is 14.4. The van der Waals surface area contributed by atoms with Crippen molar-refractivity contribution in [1.82, 2.24) is 4.98 Å². The maximum absolute atomic E-state index is 6.26. The fourth-order valence-corrected chi connectivity index (χ4v) is 6.15. The number of nitrogens with zero attached hydrogens (tertiary/aromatic N) is 1. The van der Waals surface area contributed by atoms with Crippen LogP contribution in [0, 0.1) is 23.2 Å². The van der Waals surface area contributed by atoms with Crippen LogP contribution in [-0.2, 0) is 0 Å². The second kappa shape index (κ2) is 5.15. The van der Waals surface area contributed by atoms with Gasteiger partial charge in [0, 0.05) is 12.2 Å². The second-order valence-corrected chi connectivity index (χ2v) is 8.08. The fourth-order valence-electron chi connectivity index (χ4n) is 5.97. The average molecular weight is 305 g/mol. The van der Waals surface area contributed by atoms with E-state index in [1.54, 1.807) is 6.20 Å². The van der Waals surface area contributed by atoms with Gasteiger partial charge in [0.1, 0.15) is 0 Å². The van der Waals surface area contributed by atoms with E-state index in [1.807, 2.05) is 6.07 Å². The van der Waals surface area contributed by atoms with Crippen molar-refractivity contribution in [3.8, 4) is 0 Å². The van der Waals surface area contributed by atoms with Crippen LogP contribution < -0.4 is 5.32 Å². The first-order chi connectivity index (χ1) is 10.2. The van der Waals surface area contributed by atoms with Crippen LogP contribution in [0.1, 0.15) is 51.9 Å². The maximum atomic E-state index is 6.26. The minimum atomic E-state index is 0.517. The van der Waals surface area contributed by atoms with Crippen molar-refractivity contribution in [3.05, 3.63) is 23.5 Å². The molecule has 5 rings (SSSR count). The molecule has 1 aromatic rings. The molecule has 4 aliphatic rings. The predicted octanol–water partition coefficient (Wildman–Crippen LogP) is 5.14.